The molecule has 0 aromatic carbocycles. The Hall–Kier alpha value is -1.15. The molecular weight excluding hydrogens is 336 g/mol. The van der Waals surface area contributed by atoms with Crippen molar-refractivity contribution in [2.75, 3.05) is 0 Å². The summed E-state index contributed by atoms with van der Waals surface area (Å²) in [4.78, 5) is 22.1. The smallest absolute Gasteiger partial charge is 0.328 e. The minimum Gasteiger partial charge on any atom is -0.481 e. The summed E-state index contributed by atoms with van der Waals surface area (Å²) in [5.74, 6) is -3.38. The molecule has 8 heteroatoms. The standard InChI is InChI=1S/C16H30O7S/c1-2-3-4-5-6-7-8-9-10-11-12-16(15(19)20,13-14(17)18)24(21,22)23/h2-13H2,1H3,(H,17,18)(H,19,20)(H,21,22,23). The van der Waals surface area contributed by atoms with E-state index in [2.05, 4.69) is 6.92 Å². The van der Waals surface area contributed by atoms with Gasteiger partial charge in [-0.15, -0.1) is 0 Å². The average molecular weight is 366 g/mol. The summed E-state index contributed by atoms with van der Waals surface area (Å²) >= 11 is 0. The molecule has 0 aliphatic carbocycles. The molecule has 1 atom stereocenters. The Labute approximate surface area is 144 Å². The quantitative estimate of drug-likeness (QED) is 0.299. The molecule has 0 spiro atoms. The molecule has 0 bridgehead atoms. The van der Waals surface area contributed by atoms with Gasteiger partial charge in [0.25, 0.3) is 10.1 Å². The van der Waals surface area contributed by atoms with Gasteiger partial charge in [0, 0.05) is 0 Å². The van der Waals surface area contributed by atoms with E-state index in [9.17, 15) is 22.6 Å². The summed E-state index contributed by atoms with van der Waals surface area (Å²) < 4.78 is 29.4. The van der Waals surface area contributed by atoms with E-state index in [4.69, 9.17) is 10.2 Å². The van der Waals surface area contributed by atoms with Gasteiger partial charge < -0.3 is 10.2 Å². The number of carbonyl (C=O) groups is 2. The Morgan fingerprint density at radius 2 is 1.25 bits per heavy atom. The Balaban J connectivity index is 4.26. The molecule has 0 fully saturated rings. The van der Waals surface area contributed by atoms with Crippen LogP contribution in [0, 0.1) is 0 Å². The molecule has 0 aliphatic heterocycles. The van der Waals surface area contributed by atoms with Gasteiger partial charge in [-0.05, 0) is 6.42 Å². The summed E-state index contributed by atoms with van der Waals surface area (Å²) in [5, 5.41) is 17.9. The van der Waals surface area contributed by atoms with Gasteiger partial charge >= 0.3 is 11.9 Å². The van der Waals surface area contributed by atoms with Crippen LogP contribution in [-0.4, -0.2) is 39.9 Å². The van der Waals surface area contributed by atoms with Gasteiger partial charge in [-0.1, -0.05) is 71.1 Å². The second-order valence-corrected chi connectivity index (χ2v) is 8.01. The van der Waals surface area contributed by atoms with E-state index in [-0.39, 0.29) is 6.42 Å². The minimum atomic E-state index is -5.01. The first-order valence-electron chi connectivity index (χ1n) is 8.59. The number of hydrogen-bond donors (Lipinski definition) is 3. The fourth-order valence-corrected chi connectivity index (χ4v) is 3.67. The van der Waals surface area contributed by atoms with E-state index in [0.29, 0.717) is 6.42 Å². The summed E-state index contributed by atoms with van der Waals surface area (Å²) in [6, 6.07) is 0. The highest BCUT2D eigenvalue weighted by Gasteiger charge is 2.51. The third kappa shape index (κ3) is 8.10. The second-order valence-electron chi connectivity index (χ2n) is 6.28. The molecule has 0 rings (SSSR count). The van der Waals surface area contributed by atoms with Crippen LogP contribution < -0.4 is 0 Å². The summed E-state index contributed by atoms with van der Waals surface area (Å²) in [7, 11) is -5.01. The van der Waals surface area contributed by atoms with Crippen LogP contribution in [0.15, 0.2) is 0 Å². The molecule has 0 radical (unpaired) electrons. The molecule has 0 aromatic rings. The van der Waals surface area contributed by atoms with Crippen LogP contribution in [0.4, 0.5) is 0 Å². The number of hydrogen-bond acceptors (Lipinski definition) is 4. The molecule has 142 valence electrons. The summed E-state index contributed by atoms with van der Waals surface area (Å²) in [6.45, 7) is 2.16. The lowest BCUT2D eigenvalue weighted by molar-refractivity contribution is -0.147. The third-order valence-electron chi connectivity index (χ3n) is 4.25. The van der Waals surface area contributed by atoms with Gasteiger partial charge in [-0.3, -0.25) is 14.1 Å². The molecule has 3 N–H and O–H groups in total. The molecule has 0 amide bonds. The van der Waals surface area contributed by atoms with E-state index >= 15 is 0 Å². The van der Waals surface area contributed by atoms with Crippen molar-refractivity contribution in [3.8, 4) is 0 Å². The van der Waals surface area contributed by atoms with Crippen LogP contribution >= 0.6 is 0 Å². The zero-order chi connectivity index (χ0) is 18.6. The highest BCUT2D eigenvalue weighted by Crippen LogP contribution is 2.29. The van der Waals surface area contributed by atoms with Gasteiger partial charge in [-0.25, -0.2) is 0 Å². The van der Waals surface area contributed by atoms with Crippen molar-refractivity contribution in [1.29, 1.82) is 0 Å². The fraction of sp³-hybridized carbons (Fsp3) is 0.875. The Morgan fingerprint density at radius 3 is 1.58 bits per heavy atom. The van der Waals surface area contributed by atoms with Gasteiger partial charge in [0.1, 0.15) is 0 Å². The van der Waals surface area contributed by atoms with Crippen molar-refractivity contribution in [2.45, 2.75) is 88.7 Å². The second kappa shape index (κ2) is 11.4. The Bertz CT molecular complexity index is 487. The summed E-state index contributed by atoms with van der Waals surface area (Å²) in [6.07, 6.45) is 8.27. The molecule has 0 heterocycles. The monoisotopic (exact) mass is 366 g/mol. The third-order valence-corrected chi connectivity index (χ3v) is 5.77. The van der Waals surface area contributed by atoms with Gasteiger partial charge in [0.15, 0.2) is 0 Å². The lowest BCUT2D eigenvalue weighted by Crippen LogP contribution is -2.48. The van der Waals surface area contributed by atoms with E-state index in [0.717, 1.165) is 25.7 Å². The molecule has 0 aliphatic rings. The van der Waals surface area contributed by atoms with Crippen LogP contribution in [-0.2, 0) is 19.7 Å². The van der Waals surface area contributed by atoms with E-state index in [1.165, 1.54) is 25.7 Å². The van der Waals surface area contributed by atoms with Crippen LogP contribution in [0.1, 0.15) is 84.0 Å². The first-order chi connectivity index (χ1) is 11.2. The molecule has 0 saturated carbocycles. The van der Waals surface area contributed by atoms with E-state index < -0.39 is 39.6 Å². The van der Waals surface area contributed by atoms with Crippen LogP contribution in [0.3, 0.4) is 0 Å². The van der Waals surface area contributed by atoms with Crippen LogP contribution in [0.5, 0.6) is 0 Å². The predicted molar refractivity (Wildman–Crippen MR) is 90.6 cm³/mol. The summed E-state index contributed by atoms with van der Waals surface area (Å²) in [5.41, 5.74) is 0. The molecule has 0 saturated heterocycles. The maximum absolute atomic E-state index is 11.4. The van der Waals surface area contributed by atoms with Crippen molar-refractivity contribution in [2.24, 2.45) is 0 Å². The molecule has 0 aromatic heterocycles. The normalized spacial score (nSPS) is 14.2. The molecule has 1 unspecified atom stereocenters. The van der Waals surface area contributed by atoms with Crippen molar-refractivity contribution in [3.05, 3.63) is 0 Å². The zero-order valence-electron chi connectivity index (χ0n) is 14.4. The van der Waals surface area contributed by atoms with Gasteiger partial charge in [0.05, 0.1) is 6.42 Å². The predicted octanol–water partition coefficient (Wildman–Crippen LogP) is 3.48. The van der Waals surface area contributed by atoms with Crippen LogP contribution in [0.25, 0.3) is 0 Å². The Kier molecular flexibility index (Phi) is 10.9. The zero-order valence-corrected chi connectivity index (χ0v) is 15.2. The lowest BCUT2D eigenvalue weighted by atomic mass is 9.96. The van der Waals surface area contributed by atoms with E-state index in [1.807, 2.05) is 0 Å². The Morgan fingerprint density at radius 1 is 0.833 bits per heavy atom. The minimum absolute atomic E-state index is 0.245. The maximum atomic E-state index is 11.4. The molecule has 7 nitrogen and oxygen atoms in total. The SMILES string of the molecule is CCCCCCCCCCCCC(CC(=O)O)(C(=O)O)S(=O)(=O)O. The highest BCUT2D eigenvalue weighted by atomic mass is 32.2. The van der Waals surface area contributed by atoms with Crippen molar-refractivity contribution in [1.82, 2.24) is 0 Å². The number of carboxylic acid groups (broad SMARTS) is 2. The lowest BCUT2D eigenvalue weighted by Gasteiger charge is -2.24. The molecule has 24 heavy (non-hydrogen) atoms. The van der Waals surface area contributed by atoms with Crippen molar-refractivity contribution < 1.29 is 32.8 Å². The topological polar surface area (TPSA) is 129 Å². The highest BCUT2D eigenvalue weighted by molar-refractivity contribution is 7.88. The fourth-order valence-electron chi connectivity index (χ4n) is 2.74. The first-order valence-corrected chi connectivity index (χ1v) is 10.0. The van der Waals surface area contributed by atoms with Crippen LogP contribution in [0.2, 0.25) is 0 Å². The van der Waals surface area contributed by atoms with Gasteiger partial charge in [0.2, 0.25) is 4.75 Å². The molecular formula is C16H30O7S. The van der Waals surface area contributed by atoms with Crippen molar-refractivity contribution in [3.63, 3.8) is 0 Å². The number of unbranched alkanes of at least 4 members (excludes halogenated alkanes) is 9. The van der Waals surface area contributed by atoms with Gasteiger partial charge in [-0.2, -0.15) is 8.42 Å². The maximum Gasteiger partial charge on any atom is 0.328 e. The number of carboxylic acids is 2. The van der Waals surface area contributed by atoms with E-state index in [1.54, 1.807) is 0 Å². The number of aliphatic carboxylic acids is 2. The first kappa shape index (κ1) is 22.9. The average Bonchev–Trinajstić information content (AvgIpc) is 2.46. The largest absolute Gasteiger partial charge is 0.481 e. The van der Waals surface area contributed by atoms with Crippen molar-refractivity contribution >= 4 is 22.1 Å². The number of rotatable bonds is 15.